The molecule has 1 saturated heterocycles. The molecule has 2 aliphatic rings. The molecule has 0 atom stereocenters. The molecule has 35 heavy (non-hydrogen) atoms. The van der Waals surface area contributed by atoms with E-state index in [-0.39, 0.29) is 5.91 Å². The Morgan fingerprint density at radius 2 is 1.63 bits per heavy atom. The molecule has 0 unspecified atom stereocenters. The quantitative estimate of drug-likeness (QED) is 0.541. The van der Waals surface area contributed by atoms with Gasteiger partial charge in [0, 0.05) is 55.6 Å². The topological polar surface area (TPSA) is 50.9 Å². The van der Waals surface area contributed by atoms with Gasteiger partial charge in [0.2, 0.25) is 5.91 Å². The van der Waals surface area contributed by atoms with Gasteiger partial charge in [-0.15, -0.1) is 0 Å². The number of para-hydroxylation sites is 1. The average molecular weight is 508 g/mol. The van der Waals surface area contributed by atoms with E-state index in [9.17, 15) is 18.0 Å². The summed E-state index contributed by atoms with van der Waals surface area (Å²) in [4.78, 5) is 20.3. The fourth-order valence-electron chi connectivity index (χ4n) is 4.51. The predicted molar refractivity (Wildman–Crippen MR) is 133 cm³/mol. The van der Waals surface area contributed by atoms with E-state index < -0.39 is 11.7 Å². The second kappa shape index (κ2) is 11.6. The second-order valence-corrected chi connectivity index (χ2v) is 9.90. The minimum Gasteiger partial charge on any atom is -0.354 e. The van der Waals surface area contributed by atoms with Crippen molar-refractivity contribution in [2.24, 2.45) is 0 Å². The zero-order valence-electron chi connectivity index (χ0n) is 19.9. The van der Waals surface area contributed by atoms with E-state index in [0.29, 0.717) is 25.3 Å². The maximum Gasteiger partial charge on any atom is 0.416 e. The Bertz CT molecular complexity index is 1010. The first kappa shape index (κ1) is 25.8. The number of benzene rings is 2. The highest BCUT2D eigenvalue weighted by Gasteiger charge is 2.33. The number of hydrogen-bond acceptors (Lipinski definition) is 6. The SMILES string of the molecule is CNCC(=O)NCCN1CCN(CCCN2c3ccccc3Sc3ccc(C(F)(F)F)cc32)CC1. The van der Waals surface area contributed by atoms with Crippen LogP contribution >= 0.6 is 11.8 Å². The number of fused-ring (bicyclic) bond motifs is 2. The number of rotatable bonds is 9. The number of nitrogens with one attached hydrogen (secondary N) is 2. The van der Waals surface area contributed by atoms with Crippen molar-refractivity contribution in [1.29, 1.82) is 0 Å². The highest BCUT2D eigenvalue weighted by Crippen LogP contribution is 2.49. The molecule has 1 amide bonds. The van der Waals surface area contributed by atoms with Crippen LogP contribution in [0.1, 0.15) is 12.0 Å². The molecule has 190 valence electrons. The molecule has 0 aliphatic carbocycles. The summed E-state index contributed by atoms with van der Waals surface area (Å²) >= 11 is 1.52. The van der Waals surface area contributed by atoms with E-state index in [1.165, 1.54) is 23.9 Å². The van der Waals surface area contributed by atoms with Crippen molar-refractivity contribution >= 4 is 29.0 Å². The van der Waals surface area contributed by atoms with E-state index in [1.807, 2.05) is 29.2 Å². The van der Waals surface area contributed by atoms with E-state index in [2.05, 4.69) is 20.4 Å². The van der Waals surface area contributed by atoms with E-state index >= 15 is 0 Å². The third kappa shape index (κ3) is 6.69. The van der Waals surface area contributed by atoms with Crippen molar-refractivity contribution in [3.05, 3.63) is 48.0 Å². The van der Waals surface area contributed by atoms with Gasteiger partial charge in [0.05, 0.1) is 23.5 Å². The van der Waals surface area contributed by atoms with E-state index in [0.717, 1.165) is 61.2 Å². The molecular formula is C25H32F3N5OS. The third-order valence-corrected chi connectivity index (χ3v) is 7.49. The first-order valence-corrected chi connectivity index (χ1v) is 12.8. The molecule has 2 aromatic carbocycles. The van der Waals surface area contributed by atoms with Crippen molar-refractivity contribution in [2.75, 3.05) is 70.9 Å². The first-order valence-electron chi connectivity index (χ1n) is 12.0. The number of halogens is 3. The summed E-state index contributed by atoms with van der Waals surface area (Å²) in [6, 6.07) is 12.0. The lowest BCUT2D eigenvalue weighted by Gasteiger charge is -2.36. The van der Waals surface area contributed by atoms with Crippen molar-refractivity contribution < 1.29 is 18.0 Å². The monoisotopic (exact) mass is 507 g/mol. The number of hydrogen-bond donors (Lipinski definition) is 2. The second-order valence-electron chi connectivity index (χ2n) is 8.82. The van der Waals surface area contributed by atoms with Gasteiger partial charge in [-0.3, -0.25) is 9.69 Å². The lowest BCUT2D eigenvalue weighted by atomic mass is 10.1. The summed E-state index contributed by atoms with van der Waals surface area (Å²) in [6.07, 6.45) is -3.51. The van der Waals surface area contributed by atoms with Crippen molar-refractivity contribution in [1.82, 2.24) is 20.4 Å². The smallest absolute Gasteiger partial charge is 0.354 e. The molecule has 0 aromatic heterocycles. The van der Waals surface area contributed by atoms with Gasteiger partial charge in [-0.1, -0.05) is 23.9 Å². The van der Waals surface area contributed by atoms with Crippen LogP contribution in [-0.4, -0.2) is 81.7 Å². The molecule has 0 saturated carbocycles. The Morgan fingerprint density at radius 1 is 0.943 bits per heavy atom. The Labute approximate surface area is 208 Å². The van der Waals surface area contributed by atoms with Crippen LogP contribution in [0.3, 0.4) is 0 Å². The molecule has 2 N–H and O–H groups in total. The molecule has 0 radical (unpaired) electrons. The van der Waals surface area contributed by atoms with Gasteiger partial charge in [-0.25, -0.2) is 0 Å². The van der Waals surface area contributed by atoms with Gasteiger partial charge < -0.3 is 20.4 Å². The molecule has 2 heterocycles. The van der Waals surface area contributed by atoms with Crippen LogP contribution < -0.4 is 15.5 Å². The first-order chi connectivity index (χ1) is 16.8. The summed E-state index contributed by atoms with van der Waals surface area (Å²) in [6.45, 7) is 7.16. The fourth-order valence-corrected chi connectivity index (χ4v) is 5.59. The standard InChI is InChI=1S/C25H32F3N5OS/c1-29-18-24(34)30-9-12-32-15-13-31(14-16-32)10-4-11-33-20-5-2-3-6-22(20)35-23-8-7-19(17-21(23)33)25(26,27)28/h2-3,5-8,17,29H,4,9-16,18H2,1H3,(H,30,34). The van der Waals surface area contributed by atoms with E-state index in [4.69, 9.17) is 0 Å². The number of piperazine rings is 1. The number of nitrogens with zero attached hydrogens (tertiary/aromatic N) is 3. The Hall–Kier alpha value is -2.27. The summed E-state index contributed by atoms with van der Waals surface area (Å²) in [5.74, 6) is 0.00718. The molecule has 0 bridgehead atoms. The Morgan fingerprint density at radius 3 is 2.34 bits per heavy atom. The van der Waals surface area contributed by atoms with Crippen LogP contribution in [0.2, 0.25) is 0 Å². The van der Waals surface area contributed by atoms with Crippen LogP contribution in [0.25, 0.3) is 0 Å². The van der Waals surface area contributed by atoms with Crippen molar-refractivity contribution in [3.8, 4) is 0 Å². The maximum atomic E-state index is 13.4. The van der Waals surface area contributed by atoms with Crippen molar-refractivity contribution in [2.45, 2.75) is 22.4 Å². The zero-order valence-corrected chi connectivity index (χ0v) is 20.7. The summed E-state index contributed by atoms with van der Waals surface area (Å²) in [7, 11) is 1.75. The lowest BCUT2D eigenvalue weighted by Crippen LogP contribution is -2.49. The van der Waals surface area contributed by atoms with Gasteiger partial charge in [0.15, 0.2) is 0 Å². The zero-order chi connectivity index (χ0) is 24.8. The predicted octanol–water partition coefficient (Wildman–Crippen LogP) is 3.65. The number of carbonyl (C=O) groups excluding carboxylic acids is 1. The highest BCUT2D eigenvalue weighted by molar-refractivity contribution is 7.99. The molecule has 2 aliphatic heterocycles. The van der Waals surface area contributed by atoms with Gasteiger partial charge in [-0.2, -0.15) is 13.2 Å². The number of amides is 1. The molecule has 1 fully saturated rings. The van der Waals surface area contributed by atoms with Gasteiger partial charge in [-0.05, 0) is 50.3 Å². The van der Waals surface area contributed by atoms with Crippen molar-refractivity contribution in [3.63, 3.8) is 0 Å². The molecular weight excluding hydrogens is 475 g/mol. The van der Waals surface area contributed by atoms with E-state index in [1.54, 1.807) is 13.1 Å². The summed E-state index contributed by atoms with van der Waals surface area (Å²) < 4.78 is 40.2. The maximum absolute atomic E-state index is 13.4. The molecule has 10 heteroatoms. The van der Waals surface area contributed by atoms with Crippen LogP contribution in [0.5, 0.6) is 0 Å². The highest BCUT2D eigenvalue weighted by atomic mass is 32.2. The Kier molecular flexibility index (Phi) is 8.59. The Balaban J connectivity index is 1.31. The van der Waals surface area contributed by atoms with Crippen LogP contribution in [-0.2, 0) is 11.0 Å². The minimum absolute atomic E-state index is 0.00718. The average Bonchev–Trinajstić information content (AvgIpc) is 2.84. The molecule has 6 nitrogen and oxygen atoms in total. The molecule has 2 aromatic rings. The fraction of sp³-hybridized carbons (Fsp3) is 0.480. The molecule has 4 rings (SSSR count). The van der Waals surface area contributed by atoms with Gasteiger partial charge in [0.25, 0.3) is 0 Å². The van der Waals surface area contributed by atoms with Crippen LogP contribution in [0.15, 0.2) is 52.3 Å². The van der Waals surface area contributed by atoms with Crippen LogP contribution in [0.4, 0.5) is 24.5 Å². The van der Waals surface area contributed by atoms with Gasteiger partial charge >= 0.3 is 6.18 Å². The van der Waals surface area contributed by atoms with Crippen LogP contribution in [0, 0.1) is 0 Å². The normalized spacial score (nSPS) is 16.6. The number of anilines is 2. The number of likely N-dealkylation sites (N-methyl/N-ethyl adjacent to an activating group) is 1. The largest absolute Gasteiger partial charge is 0.416 e. The summed E-state index contributed by atoms with van der Waals surface area (Å²) in [5.41, 5.74) is 0.989. The summed E-state index contributed by atoms with van der Waals surface area (Å²) in [5, 5.41) is 5.75. The minimum atomic E-state index is -4.36. The number of carbonyl (C=O) groups is 1. The molecule has 0 spiro atoms. The lowest BCUT2D eigenvalue weighted by molar-refractivity contribution is -0.137. The van der Waals surface area contributed by atoms with Gasteiger partial charge in [0.1, 0.15) is 0 Å². The number of alkyl halides is 3. The third-order valence-electron chi connectivity index (χ3n) is 6.36.